The molecular weight excluding hydrogens is 314 g/mol. The van der Waals surface area contributed by atoms with Crippen LogP contribution in [0.15, 0.2) is 54.9 Å². The van der Waals surface area contributed by atoms with Crippen LogP contribution in [0.2, 0.25) is 0 Å². The van der Waals surface area contributed by atoms with E-state index in [0.717, 1.165) is 23.3 Å². The van der Waals surface area contributed by atoms with Gasteiger partial charge in [-0.05, 0) is 32.4 Å². The van der Waals surface area contributed by atoms with E-state index in [4.69, 9.17) is 4.74 Å². The first-order chi connectivity index (χ1) is 12.1. The number of carbonyl (C=O) groups excluding carboxylic acids is 1. The molecular formula is C20H23N3O2. The Labute approximate surface area is 147 Å². The van der Waals surface area contributed by atoms with E-state index < -0.39 is 0 Å². The first kappa shape index (κ1) is 17.2. The number of imidazole rings is 1. The van der Waals surface area contributed by atoms with E-state index in [1.165, 1.54) is 0 Å². The summed E-state index contributed by atoms with van der Waals surface area (Å²) >= 11 is 0. The maximum Gasteiger partial charge on any atom is 0.252 e. The molecule has 0 bridgehead atoms. The Hall–Kier alpha value is -2.66. The third-order valence-electron chi connectivity index (χ3n) is 3.84. The molecule has 5 nitrogen and oxygen atoms in total. The predicted molar refractivity (Wildman–Crippen MR) is 98.7 cm³/mol. The monoisotopic (exact) mass is 337 g/mol. The highest BCUT2D eigenvalue weighted by Gasteiger charge is 2.09. The fourth-order valence-corrected chi connectivity index (χ4v) is 2.57. The zero-order chi connectivity index (χ0) is 17.6. The molecule has 0 saturated heterocycles. The number of nitrogens with zero attached hydrogens (tertiary/aromatic N) is 2. The Kier molecular flexibility index (Phi) is 5.46. The highest BCUT2D eigenvalue weighted by atomic mass is 16.5. The smallest absolute Gasteiger partial charge is 0.252 e. The van der Waals surface area contributed by atoms with Crippen LogP contribution in [-0.4, -0.2) is 34.5 Å². The molecule has 1 amide bonds. The van der Waals surface area contributed by atoms with Gasteiger partial charge in [0.1, 0.15) is 5.65 Å². The van der Waals surface area contributed by atoms with Crippen LogP contribution < -0.4 is 5.32 Å². The highest BCUT2D eigenvalue weighted by Crippen LogP contribution is 2.19. The van der Waals surface area contributed by atoms with Crippen LogP contribution in [0.4, 0.5) is 0 Å². The van der Waals surface area contributed by atoms with Gasteiger partial charge in [0, 0.05) is 31.1 Å². The lowest BCUT2D eigenvalue weighted by molar-refractivity contribution is 0.0757. The number of nitrogens with one attached hydrogen (secondary N) is 1. The van der Waals surface area contributed by atoms with Crippen LogP contribution in [0, 0.1) is 0 Å². The lowest BCUT2D eigenvalue weighted by Gasteiger charge is -2.08. The number of rotatable bonds is 7. The molecule has 25 heavy (non-hydrogen) atoms. The number of carbonyl (C=O) groups is 1. The average Bonchev–Trinajstić information content (AvgIpc) is 3.05. The summed E-state index contributed by atoms with van der Waals surface area (Å²) in [6, 6.07) is 13.7. The van der Waals surface area contributed by atoms with Gasteiger partial charge in [0.05, 0.1) is 17.4 Å². The van der Waals surface area contributed by atoms with Crippen molar-refractivity contribution in [1.29, 1.82) is 0 Å². The maximum atomic E-state index is 12.3. The summed E-state index contributed by atoms with van der Waals surface area (Å²) in [6.45, 7) is 5.26. The number of benzene rings is 1. The molecule has 1 aromatic carbocycles. The Balaban J connectivity index is 1.65. The summed E-state index contributed by atoms with van der Waals surface area (Å²) in [7, 11) is 0. The largest absolute Gasteiger partial charge is 0.379 e. The second-order valence-electron chi connectivity index (χ2n) is 6.20. The van der Waals surface area contributed by atoms with Crippen LogP contribution in [0.5, 0.6) is 0 Å². The number of hydrogen-bond donors (Lipinski definition) is 1. The molecule has 0 aliphatic carbocycles. The van der Waals surface area contributed by atoms with Gasteiger partial charge < -0.3 is 14.5 Å². The van der Waals surface area contributed by atoms with Crippen molar-refractivity contribution >= 4 is 11.6 Å². The van der Waals surface area contributed by atoms with E-state index in [2.05, 4.69) is 10.3 Å². The molecule has 3 rings (SSSR count). The minimum atomic E-state index is -0.0820. The molecule has 130 valence electrons. The van der Waals surface area contributed by atoms with Crippen LogP contribution in [0.1, 0.15) is 30.6 Å². The van der Waals surface area contributed by atoms with Crippen molar-refractivity contribution in [3.05, 3.63) is 60.4 Å². The number of hydrogen-bond acceptors (Lipinski definition) is 3. The summed E-state index contributed by atoms with van der Waals surface area (Å²) in [5.74, 6) is -0.0820. The fourth-order valence-electron chi connectivity index (χ4n) is 2.57. The third-order valence-corrected chi connectivity index (χ3v) is 3.84. The number of pyridine rings is 1. The zero-order valence-corrected chi connectivity index (χ0v) is 14.6. The second kappa shape index (κ2) is 7.94. The topological polar surface area (TPSA) is 55.6 Å². The van der Waals surface area contributed by atoms with Crippen molar-refractivity contribution in [3.63, 3.8) is 0 Å². The van der Waals surface area contributed by atoms with E-state index in [9.17, 15) is 4.79 Å². The zero-order valence-electron chi connectivity index (χ0n) is 14.6. The normalized spacial score (nSPS) is 11.2. The molecule has 0 saturated carbocycles. The van der Waals surface area contributed by atoms with Gasteiger partial charge in [0.15, 0.2) is 0 Å². The summed E-state index contributed by atoms with van der Waals surface area (Å²) in [5.41, 5.74) is 3.39. The molecule has 0 radical (unpaired) electrons. The molecule has 0 fully saturated rings. The molecule has 0 aliphatic heterocycles. The van der Waals surface area contributed by atoms with E-state index in [0.29, 0.717) is 18.7 Å². The van der Waals surface area contributed by atoms with Gasteiger partial charge in [-0.3, -0.25) is 4.79 Å². The van der Waals surface area contributed by atoms with Gasteiger partial charge in [-0.25, -0.2) is 4.98 Å². The van der Waals surface area contributed by atoms with Crippen molar-refractivity contribution in [1.82, 2.24) is 14.7 Å². The summed E-state index contributed by atoms with van der Waals surface area (Å²) in [4.78, 5) is 16.9. The first-order valence-corrected chi connectivity index (χ1v) is 8.57. The van der Waals surface area contributed by atoms with Crippen molar-refractivity contribution < 1.29 is 9.53 Å². The Morgan fingerprint density at radius 2 is 1.96 bits per heavy atom. The summed E-state index contributed by atoms with van der Waals surface area (Å²) in [5, 5.41) is 2.92. The van der Waals surface area contributed by atoms with Crippen LogP contribution >= 0.6 is 0 Å². The Bertz CT molecular complexity index is 841. The van der Waals surface area contributed by atoms with Crippen LogP contribution in [-0.2, 0) is 4.74 Å². The summed E-state index contributed by atoms with van der Waals surface area (Å²) in [6.07, 6.45) is 4.78. The van der Waals surface area contributed by atoms with Gasteiger partial charge in [0.25, 0.3) is 5.91 Å². The SMILES string of the molecule is CC(C)OCCCNC(=O)c1ccc2nc(-c3ccccc3)cn2c1. The van der Waals surface area contributed by atoms with E-state index in [-0.39, 0.29) is 12.0 Å². The quantitative estimate of drug-likeness (QED) is 0.671. The molecule has 0 spiro atoms. The minimum absolute atomic E-state index is 0.0820. The van der Waals surface area contributed by atoms with Gasteiger partial charge >= 0.3 is 0 Å². The highest BCUT2D eigenvalue weighted by molar-refractivity contribution is 5.94. The van der Waals surface area contributed by atoms with Crippen molar-refractivity contribution in [2.45, 2.75) is 26.4 Å². The molecule has 2 heterocycles. The van der Waals surface area contributed by atoms with E-state index in [1.807, 2.05) is 67.0 Å². The number of aromatic nitrogens is 2. The minimum Gasteiger partial charge on any atom is -0.379 e. The second-order valence-corrected chi connectivity index (χ2v) is 6.20. The van der Waals surface area contributed by atoms with E-state index >= 15 is 0 Å². The van der Waals surface area contributed by atoms with E-state index in [1.54, 1.807) is 6.07 Å². The molecule has 0 atom stereocenters. The fraction of sp³-hybridized carbons (Fsp3) is 0.300. The Morgan fingerprint density at radius 3 is 2.72 bits per heavy atom. The van der Waals surface area contributed by atoms with Crippen LogP contribution in [0.3, 0.4) is 0 Å². The summed E-state index contributed by atoms with van der Waals surface area (Å²) < 4.78 is 7.36. The van der Waals surface area contributed by atoms with Crippen molar-refractivity contribution in [2.24, 2.45) is 0 Å². The third kappa shape index (κ3) is 4.45. The molecule has 0 unspecified atom stereocenters. The molecule has 1 N–H and O–H groups in total. The lowest BCUT2D eigenvalue weighted by atomic mass is 10.2. The van der Waals surface area contributed by atoms with Gasteiger partial charge in [0.2, 0.25) is 0 Å². The molecule has 2 aromatic heterocycles. The maximum absolute atomic E-state index is 12.3. The lowest BCUT2D eigenvalue weighted by Crippen LogP contribution is -2.25. The van der Waals surface area contributed by atoms with Gasteiger partial charge in [-0.1, -0.05) is 30.3 Å². The number of fused-ring (bicyclic) bond motifs is 1. The molecule has 5 heteroatoms. The van der Waals surface area contributed by atoms with Gasteiger partial charge in [-0.2, -0.15) is 0 Å². The van der Waals surface area contributed by atoms with Crippen molar-refractivity contribution in [2.75, 3.05) is 13.2 Å². The predicted octanol–water partition coefficient (Wildman–Crippen LogP) is 3.55. The number of amides is 1. The first-order valence-electron chi connectivity index (χ1n) is 8.57. The van der Waals surface area contributed by atoms with Crippen LogP contribution in [0.25, 0.3) is 16.9 Å². The molecule has 0 aliphatic rings. The van der Waals surface area contributed by atoms with Crippen molar-refractivity contribution in [3.8, 4) is 11.3 Å². The average molecular weight is 337 g/mol. The Morgan fingerprint density at radius 1 is 1.16 bits per heavy atom. The van der Waals surface area contributed by atoms with Gasteiger partial charge in [-0.15, -0.1) is 0 Å². The molecule has 3 aromatic rings. The number of ether oxygens (including phenoxy) is 1. The standard InChI is InChI=1S/C20H23N3O2/c1-15(2)25-12-6-11-21-20(24)17-9-10-19-22-18(14-23(19)13-17)16-7-4-3-5-8-16/h3-5,7-10,13-15H,6,11-12H2,1-2H3,(H,21,24).